The molecule has 0 unspecified atom stereocenters. The van der Waals surface area contributed by atoms with Crippen LogP contribution in [0, 0.1) is 6.92 Å². The number of aryl methyl sites for hydroxylation is 1. The average Bonchev–Trinajstić information content (AvgIpc) is 2.66. The second-order valence-electron chi connectivity index (χ2n) is 5.93. The van der Waals surface area contributed by atoms with Crippen LogP contribution in [0.25, 0.3) is 0 Å². The van der Waals surface area contributed by atoms with E-state index in [1.165, 1.54) is 0 Å². The smallest absolute Gasteiger partial charge is 0.306 e. The van der Waals surface area contributed by atoms with E-state index < -0.39 is 18.5 Å². The molecule has 0 saturated carbocycles. The van der Waals surface area contributed by atoms with Crippen LogP contribution in [0.15, 0.2) is 48.5 Å². The van der Waals surface area contributed by atoms with Gasteiger partial charge in [0.1, 0.15) is 0 Å². The Bertz CT molecular complexity index is 809. The van der Waals surface area contributed by atoms with Crippen LogP contribution in [-0.4, -0.2) is 24.4 Å². The van der Waals surface area contributed by atoms with Crippen LogP contribution in [0.2, 0.25) is 5.02 Å². The van der Waals surface area contributed by atoms with Crippen molar-refractivity contribution in [2.24, 2.45) is 0 Å². The molecule has 2 amide bonds. The van der Waals surface area contributed by atoms with Crippen molar-refractivity contribution in [2.75, 3.05) is 11.9 Å². The van der Waals surface area contributed by atoms with E-state index in [1.54, 1.807) is 18.2 Å². The summed E-state index contributed by atoms with van der Waals surface area (Å²) in [5, 5.41) is 5.85. The van der Waals surface area contributed by atoms with Gasteiger partial charge in [-0.2, -0.15) is 0 Å². The van der Waals surface area contributed by atoms with Crippen molar-refractivity contribution >= 4 is 35.1 Å². The standard InChI is InChI=1S/C20H21ClN2O4/c1-14-7-8-16(21)11-17(14)23-19(25)13-27-20(26)10-9-18(24)22-12-15-5-3-2-4-6-15/h2-8,11H,9-10,12-13H2,1H3,(H,22,24)(H,23,25). The number of carbonyl (C=O) groups excluding carboxylic acids is 3. The third kappa shape index (κ3) is 7.50. The second kappa shape index (κ2) is 10.3. The highest BCUT2D eigenvalue weighted by Gasteiger charge is 2.11. The number of ether oxygens (including phenoxy) is 1. The normalized spacial score (nSPS) is 10.1. The van der Waals surface area contributed by atoms with Gasteiger partial charge in [0.2, 0.25) is 5.91 Å². The predicted molar refractivity (Wildman–Crippen MR) is 103 cm³/mol. The number of rotatable bonds is 8. The minimum Gasteiger partial charge on any atom is -0.456 e. The van der Waals surface area contributed by atoms with Crippen LogP contribution in [-0.2, 0) is 25.7 Å². The Kier molecular flexibility index (Phi) is 7.82. The van der Waals surface area contributed by atoms with Crippen molar-refractivity contribution in [1.29, 1.82) is 0 Å². The molecular formula is C20H21ClN2O4. The summed E-state index contributed by atoms with van der Waals surface area (Å²) in [5.41, 5.74) is 2.37. The summed E-state index contributed by atoms with van der Waals surface area (Å²) < 4.78 is 4.90. The van der Waals surface area contributed by atoms with E-state index in [1.807, 2.05) is 37.3 Å². The van der Waals surface area contributed by atoms with Crippen molar-refractivity contribution < 1.29 is 19.1 Å². The van der Waals surface area contributed by atoms with E-state index in [0.717, 1.165) is 11.1 Å². The van der Waals surface area contributed by atoms with Gasteiger partial charge in [0, 0.05) is 23.7 Å². The molecule has 142 valence electrons. The van der Waals surface area contributed by atoms with E-state index in [2.05, 4.69) is 10.6 Å². The molecule has 27 heavy (non-hydrogen) atoms. The summed E-state index contributed by atoms with van der Waals surface area (Å²) in [4.78, 5) is 35.3. The third-order valence-corrected chi connectivity index (χ3v) is 3.96. The first kappa shape index (κ1) is 20.5. The Hall–Kier alpha value is -2.86. The van der Waals surface area contributed by atoms with Gasteiger partial charge >= 0.3 is 5.97 Å². The lowest BCUT2D eigenvalue weighted by atomic mass is 10.2. The minimum atomic E-state index is -0.608. The molecule has 0 saturated heterocycles. The molecule has 0 bridgehead atoms. The van der Waals surface area contributed by atoms with E-state index >= 15 is 0 Å². The molecule has 0 fully saturated rings. The van der Waals surface area contributed by atoms with Crippen LogP contribution < -0.4 is 10.6 Å². The van der Waals surface area contributed by atoms with Gasteiger partial charge in [-0.05, 0) is 30.2 Å². The molecule has 7 heteroatoms. The zero-order valence-corrected chi connectivity index (χ0v) is 15.7. The fourth-order valence-electron chi connectivity index (χ4n) is 2.23. The molecule has 0 aliphatic carbocycles. The molecule has 0 atom stereocenters. The topological polar surface area (TPSA) is 84.5 Å². The molecule has 0 heterocycles. The van der Waals surface area contributed by atoms with Crippen molar-refractivity contribution in [2.45, 2.75) is 26.3 Å². The van der Waals surface area contributed by atoms with E-state index in [9.17, 15) is 14.4 Å². The number of nitrogens with one attached hydrogen (secondary N) is 2. The summed E-state index contributed by atoms with van der Waals surface area (Å²) >= 11 is 5.89. The highest BCUT2D eigenvalue weighted by Crippen LogP contribution is 2.19. The zero-order valence-electron chi connectivity index (χ0n) is 15.0. The Balaban J connectivity index is 1.65. The van der Waals surface area contributed by atoms with Crippen molar-refractivity contribution in [3.05, 3.63) is 64.7 Å². The Morgan fingerprint density at radius 2 is 1.74 bits per heavy atom. The number of esters is 1. The Morgan fingerprint density at radius 3 is 2.48 bits per heavy atom. The summed E-state index contributed by atoms with van der Waals surface area (Å²) in [5.74, 6) is -1.33. The maximum absolute atomic E-state index is 11.9. The number of halogens is 1. The van der Waals surface area contributed by atoms with Gasteiger partial charge in [-0.25, -0.2) is 0 Å². The first-order valence-electron chi connectivity index (χ1n) is 8.46. The van der Waals surface area contributed by atoms with Gasteiger partial charge in [0.25, 0.3) is 5.91 Å². The highest BCUT2D eigenvalue weighted by molar-refractivity contribution is 6.31. The average molecular weight is 389 g/mol. The van der Waals surface area contributed by atoms with Gasteiger partial charge in [-0.1, -0.05) is 48.0 Å². The summed E-state index contributed by atoms with van der Waals surface area (Å²) in [6, 6.07) is 14.6. The number of carbonyl (C=O) groups is 3. The first-order valence-corrected chi connectivity index (χ1v) is 8.84. The van der Waals surface area contributed by atoms with E-state index in [0.29, 0.717) is 17.3 Å². The molecule has 6 nitrogen and oxygen atoms in total. The van der Waals surface area contributed by atoms with Gasteiger partial charge in [0.05, 0.1) is 6.42 Å². The number of amides is 2. The lowest BCUT2D eigenvalue weighted by Gasteiger charge is -2.09. The highest BCUT2D eigenvalue weighted by atomic mass is 35.5. The summed E-state index contributed by atoms with van der Waals surface area (Å²) in [6.45, 7) is 1.80. The lowest BCUT2D eigenvalue weighted by Crippen LogP contribution is -2.25. The fraction of sp³-hybridized carbons (Fsp3) is 0.250. The fourth-order valence-corrected chi connectivity index (χ4v) is 2.41. The maximum atomic E-state index is 11.9. The van der Waals surface area contributed by atoms with Crippen LogP contribution >= 0.6 is 11.6 Å². The largest absolute Gasteiger partial charge is 0.456 e. The number of hydrogen-bond acceptors (Lipinski definition) is 4. The molecule has 0 aliphatic rings. The monoisotopic (exact) mass is 388 g/mol. The third-order valence-electron chi connectivity index (χ3n) is 3.73. The van der Waals surface area contributed by atoms with E-state index in [4.69, 9.17) is 16.3 Å². The van der Waals surface area contributed by atoms with Crippen LogP contribution in [0.4, 0.5) is 5.69 Å². The lowest BCUT2D eigenvalue weighted by molar-refractivity contribution is -0.148. The van der Waals surface area contributed by atoms with Crippen LogP contribution in [0.1, 0.15) is 24.0 Å². The number of benzene rings is 2. The summed E-state index contributed by atoms with van der Waals surface area (Å²) in [7, 11) is 0. The Labute approximate surface area is 162 Å². The molecule has 2 rings (SSSR count). The molecule has 0 aliphatic heterocycles. The molecular weight excluding hydrogens is 368 g/mol. The van der Waals surface area contributed by atoms with E-state index in [-0.39, 0.29) is 18.7 Å². The minimum absolute atomic E-state index is 0.000682. The van der Waals surface area contributed by atoms with Gasteiger partial charge in [-0.3, -0.25) is 14.4 Å². The van der Waals surface area contributed by atoms with Crippen LogP contribution in [0.5, 0.6) is 0 Å². The van der Waals surface area contributed by atoms with Crippen molar-refractivity contribution in [1.82, 2.24) is 5.32 Å². The van der Waals surface area contributed by atoms with Crippen molar-refractivity contribution in [3.8, 4) is 0 Å². The molecule has 2 N–H and O–H groups in total. The van der Waals surface area contributed by atoms with Gasteiger partial charge in [-0.15, -0.1) is 0 Å². The van der Waals surface area contributed by atoms with Crippen LogP contribution in [0.3, 0.4) is 0 Å². The quantitative estimate of drug-likeness (QED) is 0.680. The van der Waals surface area contributed by atoms with Gasteiger partial charge < -0.3 is 15.4 Å². The first-order chi connectivity index (χ1) is 12.9. The molecule has 2 aromatic carbocycles. The number of hydrogen-bond donors (Lipinski definition) is 2. The molecule has 0 spiro atoms. The van der Waals surface area contributed by atoms with Gasteiger partial charge in [0.15, 0.2) is 6.61 Å². The SMILES string of the molecule is Cc1ccc(Cl)cc1NC(=O)COC(=O)CCC(=O)NCc1ccccc1. The maximum Gasteiger partial charge on any atom is 0.306 e. The molecule has 0 radical (unpaired) electrons. The molecule has 0 aromatic heterocycles. The Morgan fingerprint density at radius 1 is 1.00 bits per heavy atom. The molecule has 2 aromatic rings. The summed E-state index contributed by atoms with van der Waals surface area (Å²) in [6.07, 6.45) is -0.0925. The predicted octanol–water partition coefficient (Wildman–Crippen LogP) is 3.23. The van der Waals surface area contributed by atoms with Crippen molar-refractivity contribution in [3.63, 3.8) is 0 Å². The second-order valence-corrected chi connectivity index (χ2v) is 6.37. The number of anilines is 1. The zero-order chi connectivity index (χ0) is 19.6.